The molecule has 0 saturated heterocycles. The van der Waals surface area contributed by atoms with Crippen LogP contribution in [0.1, 0.15) is 19.3 Å². The van der Waals surface area contributed by atoms with E-state index in [4.69, 9.17) is 0 Å². The smallest absolute Gasteiger partial charge is 0.280 e. The average molecular weight is 331 g/mol. The van der Waals surface area contributed by atoms with E-state index in [0.29, 0.717) is 18.3 Å². The third-order valence-electron chi connectivity index (χ3n) is 4.29. The predicted molar refractivity (Wildman–Crippen MR) is 86.5 cm³/mol. The maximum atomic E-state index is 12.6. The molecule has 1 fully saturated rings. The second kappa shape index (κ2) is 5.38. The minimum atomic E-state index is -3.70. The van der Waals surface area contributed by atoms with E-state index in [1.807, 2.05) is 6.07 Å². The molecule has 0 aromatic carbocycles. The fourth-order valence-corrected chi connectivity index (χ4v) is 3.93. The van der Waals surface area contributed by atoms with Crippen molar-refractivity contribution in [3.63, 3.8) is 0 Å². The van der Waals surface area contributed by atoms with Gasteiger partial charge in [-0.25, -0.2) is 4.98 Å². The summed E-state index contributed by atoms with van der Waals surface area (Å²) in [6.45, 7) is 0.646. The number of aromatic amines is 1. The highest BCUT2D eigenvalue weighted by Gasteiger charge is 2.24. The molecular weight excluding hydrogens is 314 g/mol. The normalized spacial score (nSPS) is 15.7. The minimum Gasteiger partial charge on any atom is -0.360 e. The molecule has 0 atom stereocenters. The molecule has 0 amide bonds. The molecule has 3 heterocycles. The zero-order valence-electron chi connectivity index (χ0n) is 12.4. The summed E-state index contributed by atoms with van der Waals surface area (Å²) in [4.78, 5) is 7.17. The molecule has 1 saturated carbocycles. The molecule has 120 valence electrons. The van der Waals surface area contributed by atoms with Gasteiger partial charge in [0, 0.05) is 18.1 Å². The van der Waals surface area contributed by atoms with Gasteiger partial charge in [0.2, 0.25) is 0 Å². The first-order valence-corrected chi connectivity index (χ1v) is 9.08. The van der Waals surface area contributed by atoms with Crippen molar-refractivity contribution in [2.24, 2.45) is 5.92 Å². The Kier molecular flexibility index (Phi) is 3.33. The molecule has 1 aliphatic carbocycles. The fraction of sp³-hybridized carbons (Fsp3) is 0.333. The number of hydrogen-bond acceptors (Lipinski definition) is 4. The second-order valence-electron chi connectivity index (χ2n) is 5.89. The molecule has 8 heteroatoms. The highest BCUT2D eigenvalue weighted by molar-refractivity contribution is 7.92. The van der Waals surface area contributed by atoms with Crippen LogP contribution in [0, 0.1) is 5.92 Å². The number of sulfonamides is 1. The van der Waals surface area contributed by atoms with Gasteiger partial charge in [0.15, 0.2) is 5.03 Å². The van der Waals surface area contributed by atoms with E-state index in [1.165, 1.54) is 18.7 Å². The van der Waals surface area contributed by atoms with Crippen LogP contribution in [0.5, 0.6) is 0 Å². The number of aromatic nitrogens is 4. The lowest BCUT2D eigenvalue weighted by Gasteiger charge is -2.25. The number of fused-ring (bicyclic) bond motifs is 1. The van der Waals surface area contributed by atoms with Crippen LogP contribution in [-0.4, -0.2) is 28.2 Å². The van der Waals surface area contributed by atoms with Crippen LogP contribution in [0.3, 0.4) is 0 Å². The topological polar surface area (TPSA) is 92.7 Å². The second-order valence-corrected chi connectivity index (χ2v) is 7.52. The maximum absolute atomic E-state index is 12.6. The van der Waals surface area contributed by atoms with Gasteiger partial charge >= 0.3 is 0 Å². The molecular formula is C15H17N5O2S. The Morgan fingerprint density at radius 3 is 3.00 bits per heavy atom. The Morgan fingerprint density at radius 1 is 1.35 bits per heavy atom. The fourth-order valence-electron chi connectivity index (χ4n) is 2.80. The van der Waals surface area contributed by atoms with Gasteiger partial charge in [-0.05, 0) is 37.0 Å². The summed E-state index contributed by atoms with van der Waals surface area (Å²) in [5.41, 5.74) is 0.864. The number of nitrogens with zero attached hydrogens (tertiary/aromatic N) is 3. The molecule has 3 aromatic rings. The first-order valence-electron chi connectivity index (χ1n) is 7.59. The lowest BCUT2D eigenvalue weighted by atomic mass is 9.85. The average Bonchev–Trinajstić information content (AvgIpc) is 3.11. The SMILES string of the molecule is O=S(=O)(Nc1cc2cc[nH]c2cn1)c1ccnn1CC1CCC1. The van der Waals surface area contributed by atoms with Crippen molar-refractivity contribution in [2.75, 3.05) is 4.72 Å². The van der Waals surface area contributed by atoms with Gasteiger partial charge in [-0.3, -0.25) is 9.40 Å². The molecule has 7 nitrogen and oxygen atoms in total. The van der Waals surface area contributed by atoms with Crippen molar-refractivity contribution >= 4 is 26.7 Å². The van der Waals surface area contributed by atoms with Gasteiger partial charge in [-0.2, -0.15) is 13.5 Å². The maximum Gasteiger partial charge on any atom is 0.280 e. The summed E-state index contributed by atoms with van der Waals surface area (Å²) in [6, 6.07) is 5.10. The van der Waals surface area contributed by atoms with Crippen LogP contribution < -0.4 is 4.72 Å². The van der Waals surface area contributed by atoms with Crippen molar-refractivity contribution in [1.29, 1.82) is 0 Å². The van der Waals surface area contributed by atoms with Crippen LogP contribution in [0.2, 0.25) is 0 Å². The Morgan fingerprint density at radius 2 is 2.22 bits per heavy atom. The number of nitrogens with one attached hydrogen (secondary N) is 2. The number of hydrogen-bond donors (Lipinski definition) is 2. The van der Waals surface area contributed by atoms with Gasteiger partial charge in [0.25, 0.3) is 10.0 Å². The van der Waals surface area contributed by atoms with Gasteiger partial charge in [-0.1, -0.05) is 6.42 Å². The van der Waals surface area contributed by atoms with Crippen molar-refractivity contribution in [3.8, 4) is 0 Å². The molecule has 0 radical (unpaired) electrons. The van der Waals surface area contributed by atoms with E-state index >= 15 is 0 Å². The number of pyridine rings is 1. The third-order valence-corrected chi connectivity index (χ3v) is 5.66. The molecule has 23 heavy (non-hydrogen) atoms. The zero-order valence-corrected chi connectivity index (χ0v) is 13.3. The van der Waals surface area contributed by atoms with Crippen LogP contribution in [0.25, 0.3) is 10.9 Å². The van der Waals surface area contributed by atoms with Crippen LogP contribution in [-0.2, 0) is 16.6 Å². The third kappa shape index (κ3) is 2.70. The molecule has 0 aliphatic heterocycles. The lowest BCUT2D eigenvalue weighted by Crippen LogP contribution is -2.24. The van der Waals surface area contributed by atoms with E-state index in [1.54, 1.807) is 23.1 Å². The van der Waals surface area contributed by atoms with Crippen LogP contribution in [0.4, 0.5) is 5.82 Å². The Bertz CT molecular complexity index is 940. The highest BCUT2D eigenvalue weighted by Crippen LogP contribution is 2.28. The van der Waals surface area contributed by atoms with Crippen molar-refractivity contribution < 1.29 is 8.42 Å². The van der Waals surface area contributed by atoms with Gasteiger partial charge in [0.05, 0.1) is 17.9 Å². The first kappa shape index (κ1) is 14.3. The monoisotopic (exact) mass is 331 g/mol. The summed E-state index contributed by atoms with van der Waals surface area (Å²) in [5, 5.41) is 5.24. The van der Waals surface area contributed by atoms with Gasteiger partial charge in [0.1, 0.15) is 5.82 Å². The summed E-state index contributed by atoms with van der Waals surface area (Å²) in [6.07, 6.45) is 8.41. The van der Waals surface area contributed by atoms with Crippen molar-refractivity contribution in [1.82, 2.24) is 19.7 Å². The molecule has 1 aliphatic rings. The van der Waals surface area contributed by atoms with E-state index in [2.05, 4.69) is 19.8 Å². The quantitative estimate of drug-likeness (QED) is 0.750. The van der Waals surface area contributed by atoms with Crippen LogP contribution >= 0.6 is 0 Å². The van der Waals surface area contributed by atoms with E-state index in [-0.39, 0.29) is 5.03 Å². The predicted octanol–water partition coefficient (Wildman–Crippen LogP) is 2.36. The molecule has 0 unspecified atom stereocenters. The largest absolute Gasteiger partial charge is 0.360 e. The van der Waals surface area contributed by atoms with Crippen molar-refractivity contribution in [3.05, 3.63) is 36.8 Å². The highest BCUT2D eigenvalue weighted by atomic mass is 32.2. The Labute approximate surface area is 133 Å². The van der Waals surface area contributed by atoms with E-state index in [0.717, 1.165) is 23.7 Å². The molecule has 4 rings (SSSR count). The minimum absolute atomic E-state index is 0.181. The van der Waals surface area contributed by atoms with Crippen molar-refractivity contribution in [2.45, 2.75) is 30.8 Å². The molecule has 3 aromatic heterocycles. The Balaban J connectivity index is 1.60. The summed E-state index contributed by atoms with van der Waals surface area (Å²) in [7, 11) is -3.70. The summed E-state index contributed by atoms with van der Waals surface area (Å²) < 4.78 is 29.4. The van der Waals surface area contributed by atoms with Crippen LogP contribution in [0.15, 0.2) is 41.8 Å². The van der Waals surface area contributed by atoms with E-state index in [9.17, 15) is 8.42 Å². The number of H-pyrrole nitrogens is 1. The van der Waals surface area contributed by atoms with Gasteiger partial charge < -0.3 is 4.98 Å². The van der Waals surface area contributed by atoms with Gasteiger partial charge in [-0.15, -0.1) is 0 Å². The number of rotatable bonds is 5. The lowest BCUT2D eigenvalue weighted by molar-refractivity contribution is 0.258. The first-order chi connectivity index (χ1) is 11.1. The Hall–Kier alpha value is -2.35. The molecule has 0 bridgehead atoms. The number of anilines is 1. The zero-order chi connectivity index (χ0) is 15.9. The van der Waals surface area contributed by atoms with E-state index < -0.39 is 10.0 Å². The molecule has 2 N–H and O–H groups in total. The summed E-state index contributed by atoms with van der Waals surface area (Å²) in [5.74, 6) is 0.826. The standard InChI is InChI=1S/C15H17N5O2S/c21-23(22,15-5-7-18-20(15)10-11-2-1-3-11)19-14-8-12-4-6-16-13(12)9-17-14/h4-9,11,16H,1-3,10H2,(H,17,19). The summed E-state index contributed by atoms with van der Waals surface area (Å²) >= 11 is 0. The molecule has 0 spiro atoms.